The normalized spacial score (nSPS) is 15.1. The molecule has 0 unspecified atom stereocenters. The minimum absolute atomic E-state index is 0.0479. The Morgan fingerprint density at radius 2 is 1.89 bits per heavy atom. The van der Waals surface area contributed by atoms with Gasteiger partial charge in [0, 0.05) is 24.6 Å². The van der Waals surface area contributed by atoms with Gasteiger partial charge in [-0.05, 0) is 61.4 Å². The van der Waals surface area contributed by atoms with Crippen LogP contribution in [-0.2, 0) is 11.4 Å². The number of piperidine rings is 1. The molecule has 2 aromatic rings. The number of carbonyl (C=O) groups excluding carboxylic acids is 2. The fourth-order valence-electron chi connectivity index (χ4n) is 3.10. The fourth-order valence-corrected chi connectivity index (χ4v) is 3.10. The third-order valence-corrected chi connectivity index (χ3v) is 4.70. The molecule has 0 radical (unpaired) electrons. The van der Waals surface area contributed by atoms with Crippen LogP contribution in [0.5, 0.6) is 5.75 Å². The molecule has 0 saturated carbocycles. The van der Waals surface area contributed by atoms with Crippen molar-refractivity contribution < 1.29 is 14.3 Å². The Kier molecular flexibility index (Phi) is 5.68. The van der Waals surface area contributed by atoms with Crippen LogP contribution in [0.1, 0.15) is 48.9 Å². The van der Waals surface area contributed by atoms with Gasteiger partial charge in [-0.2, -0.15) is 0 Å². The molecular weight excluding hydrogens is 348 g/mol. The molecule has 144 valence electrons. The van der Waals surface area contributed by atoms with Gasteiger partial charge in [-0.15, -0.1) is 5.10 Å². The van der Waals surface area contributed by atoms with E-state index in [-0.39, 0.29) is 30.4 Å². The molecule has 1 aromatic carbocycles. The molecule has 0 atom stereocenters. The van der Waals surface area contributed by atoms with Crippen LogP contribution in [0.15, 0.2) is 24.3 Å². The number of nitrogens with two attached hydrogens (primary N) is 1. The van der Waals surface area contributed by atoms with Crippen LogP contribution in [0.3, 0.4) is 0 Å². The molecular formula is C18H24N6O3. The minimum atomic E-state index is -0.285. The van der Waals surface area contributed by atoms with Gasteiger partial charge in [-0.25, -0.2) is 4.68 Å². The van der Waals surface area contributed by atoms with Gasteiger partial charge < -0.3 is 15.4 Å². The van der Waals surface area contributed by atoms with Crippen LogP contribution in [-0.4, -0.2) is 50.0 Å². The molecule has 2 heterocycles. The summed E-state index contributed by atoms with van der Waals surface area (Å²) < 4.78 is 7.42. The first-order valence-electron chi connectivity index (χ1n) is 9.04. The van der Waals surface area contributed by atoms with Crippen molar-refractivity contribution in [2.45, 2.75) is 39.3 Å². The van der Waals surface area contributed by atoms with Crippen LogP contribution < -0.4 is 10.5 Å². The van der Waals surface area contributed by atoms with Crippen molar-refractivity contribution in [3.8, 4) is 5.75 Å². The Morgan fingerprint density at radius 1 is 1.22 bits per heavy atom. The molecule has 1 aromatic heterocycles. The SMILES string of the molecule is CC(C)n1nnnc1COc1ccc(C(=O)N2CCC(C(N)=O)CC2)cc1. The van der Waals surface area contributed by atoms with Crippen molar-refractivity contribution >= 4 is 11.8 Å². The van der Waals surface area contributed by atoms with Crippen molar-refractivity contribution in [3.63, 3.8) is 0 Å². The fraction of sp³-hybridized carbons (Fsp3) is 0.500. The van der Waals surface area contributed by atoms with Crippen molar-refractivity contribution in [2.24, 2.45) is 11.7 Å². The van der Waals surface area contributed by atoms with Crippen molar-refractivity contribution in [2.75, 3.05) is 13.1 Å². The van der Waals surface area contributed by atoms with Crippen LogP contribution in [0.4, 0.5) is 0 Å². The molecule has 1 aliphatic rings. The third kappa shape index (κ3) is 4.42. The average Bonchev–Trinajstić information content (AvgIpc) is 3.15. The summed E-state index contributed by atoms with van der Waals surface area (Å²) in [7, 11) is 0. The van der Waals surface area contributed by atoms with Gasteiger partial charge in [-0.1, -0.05) is 0 Å². The lowest BCUT2D eigenvalue weighted by molar-refractivity contribution is -0.123. The third-order valence-electron chi connectivity index (χ3n) is 4.70. The molecule has 0 bridgehead atoms. The molecule has 1 fully saturated rings. The summed E-state index contributed by atoms with van der Waals surface area (Å²) in [6.07, 6.45) is 1.24. The number of benzene rings is 1. The molecule has 9 heteroatoms. The van der Waals surface area contributed by atoms with Gasteiger partial charge in [0.1, 0.15) is 12.4 Å². The van der Waals surface area contributed by atoms with Crippen LogP contribution in [0.25, 0.3) is 0 Å². The molecule has 1 aliphatic heterocycles. The number of nitrogens with zero attached hydrogens (tertiary/aromatic N) is 5. The van der Waals surface area contributed by atoms with E-state index in [1.165, 1.54) is 0 Å². The first-order valence-corrected chi connectivity index (χ1v) is 9.04. The molecule has 2 N–H and O–H groups in total. The smallest absolute Gasteiger partial charge is 0.253 e. The van der Waals surface area contributed by atoms with E-state index in [0.717, 1.165) is 0 Å². The average molecular weight is 372 g/mol. The van der Waals surface area contributed by atoms with E-state index in [1.54, 1.807) is 33.8 Å². The van der Waals surface area contributed by atoms with Crippen LogP contribution in [0, 0.1) is 5.92 Å². The summed E-state index contributed by atoms with van der Waals surface area (Å²) in [6, 6.07) is 7.14. The first kappa shape index (κ1) is 18.8. The summed E-state index contributed by atoms with van der Waals surface area (Å²) in [4.78, 5) is 25.6. The molecule has 0 aliphatic carbocycles. The van der Waals surface area contributed by atoms with Crippen molar-refractivity contribution in [1.82, 2.24) is 25.1 Å². The summed E-state index contributed by atoms with van der Waals surface area (Å²) in [5.74, 6) is 0.812. The van der Waals surface area contributed by atoms with Gasteiger partial charge in [0.15, 0.2) is 5.82 Å². The number of rotatable bonds is 6. The summed E-state index contributed by atoms with van der Waals surface area (Å²) >= 11 is 0. The van der Waals surface area contributed by atoms with Gasteiger partial charge >= 0.3 is 0 Å². The number of hydrogen-bond donors (Lipinski definition) is 1. The Labute approximate surface area is 157 Å². The maximum absolute atomic E-state index is 12.6. The lowest BCUT2D eigenvalue weighted by Gasteiger charge is -2.30. The summed E-state index contributed by atoms with van der Waals surface area (Å²) in [5.41, 5.74) is 5.93. The lowest BCUT2D eigenvalue weighted by Crippen LogP contribution is -2.41. The van der Waals surface area contributed by atoms with Crippen molar-refractivity contribution in [3.05, 3.63) is 35.7 Å². The first-order chi connectivity index (χ1) is 13.0. The number of likely N-dealkylation sites (tertiary alicyclic amines) is 1. The number of carbonyl (C=O) groups is 2. The number of ether oxygens (including phenoxy) is 1. The Hall–Kier alpha value is -2.97. The largest absolute Gasteiger partial charge is 0.486 e. The molecule has 9 nitrogen and oxygen atoms in total. The highest BCUT2D eigenvalue weighted by Gasteiger charge is 2.26. The van der Waals surface area contributed by atoms with E-state index in [9.17, 15) is 9.59 Å². The number of primary amides is 1. The maximum Gasteiger partial charge on any atom is 0.253 e. The minimum Gasteiger partial charge on any atom is -0.486 e. The molecule has 1 saturated heterocycles. The molecule has 2 amide bonds. The zero-order valence-electron chi connectivity index (χ0n) is 15.5. The van der Waals surface area contributed by atoms with E-state index >= 15 is 0 Å². The van der Waals surface area contributed by atoms with E-state index in [0.29, 0.717) is 43.1 Å². The number of aromatic nitrogens is 4. The Morgan fingerprint density at radius 3 is 2.48 bits per heavy atom. The summed E-state index contributed by atoms with van der Waals surface area (Å²) in [5, 5.41) is 11.6. The standard InChI is InChI=1S/C18H24N6O3/c1-12(2)24-16(20-21-22-24)11-27-15-5-3-14(4-6-15)18(26)23-9-7-13(8-10-23)17(19)25/h3-6,12-13H,7-11H2,1-2H3,(H2,19,25). The van der Waals surface area contributed by atoms with E-state index in [1.807, 2.05) is 13.8 Å². The summed E-state index contributed by atoms with van der Waals surface area (Å²) in [6.45, 7) is 5.32. The molecule has 3 rings (SSSR count). The van der Waals surface area contributed by atoms with Gasteiger partial charge in [0.05, 0.1) is 6.04 Å². The topological polar surface area (TPSA) is 116 Å². The maximum atomic E-state index is 12.6. The number of amides is 2. The highest BCUT2D eigenvalue weighted by Crippen LogP contribution is 2.20. The lowest BCUT2D eigenvalue weighted by atomic mass is 9.96. The predicted octanol–water partition coefficient (Wildman–Crippen LogP) is 1.17. The second-order valence-corrected chi connectivity index (χ2v) is 6.92. The van der Waals surface area contributed by atoms with Crippen LogP contribution in [0.2, 0.25) is 0 Å². The number of tetrazole rings is 1. The number of hydrogen-bond acceptors (Lipinski definition) is 6. The van der Waals surface area contributed by atoms with E-state index < -0.39 is 0 Å². The molecule has 27 heavy (non-hydrogen) atoms. The second-order valence-electron chi connectivity index (χ2n) is 6.92. The van der Waals surface area contributed by atoms with Gasteiger partial charge in [0.2, 0.25) is 5.91 Å². The Balaban J connectivity index is 1.56. The highest BCUT2D eigenvalue weighted by molar-refractivity contribution is 5.94. The van der Waals surface area contributed by atoms with Gasteiger partial charge in [0.25, 0.3) is 5.91 Å². The zero-order valence-corrected chi connectivity index (χ0v) is 15.5. The second kappa shape index (κ2) is 8.15. The Bertz CT molecular complexity index is 794. The molecule has 0 spiro atoms. The van der Waals surface area contributed by atoms with Crippen molar-refractivity contribution in [1.29, 1.82) is 0 Å². The van der Waals surface area contributed by atoms with E-state index in [2.05, 4.69) is 15.5 Å². The quantitative estimate of drug-likeness (QED) is 0.814. The predicted molar refractivity (Wildman–Crippen MR) is 96.8 cm³/mol. The van der Waals surface area contributed by atoms with E-state index in [4.69, 9.17) is 10.5 Å². The zero-order chi connectivity index (χ0) is 19.4. The van der Waals surface area contributed by atoms with Crippen LogP contribution >= 0.6 is 0 Å². The highest BCUT2D eigenvalue weighted by atomic mass is 16.5. The monoisotopic (exact) mass is 372 g/mol. The van der Waals surface area contributed by atoms with Gasteiger partial charge in [-0.3, -0.25) is 9.59 Å².